The van der Waals surface area contributed by atoms with Crippen molar-refractivity contribution in [3.05, 3.63) is 69.4 Å². The standard InChI is InChI=1S/C18H15ClN2O2S2.C2HF3O2/c1-11-13(12-6-3-2-4-7-12)8-5-9-15(11)25(22,23)16-10-14(18(20)21)24-17(16)19;3-2(4,5)1(6)7/h2-10H,1H3,(H3,20,21);(H,6,7). The number of hydrogen-bond donors (Lipinski definition) is 3. The summed E-state index contributed by atoms with van der Waals surface area (Å²) in [7, 11) is -3.82. The summed E-state index contributed by atoms with van der Waals surface area (Å²) in [4.78, 5) is 9.41. The molecule has 0 aliphatic heterocycles. The van der Waals surface area contributed by atoms with Crippen molar-refractivity contribution in [1.82, 2.24) is 0 Å². The summed E-state index contributed by atoms with van der Waals surface area (Å²) in [6.07, 6.45) is -5.08. The second-order valence-corrected chi connectivity index (χ2v) is 9.80. The summed E-state index contributed by atoms with van der Waals surface area (Å²) < 4.78 is 58.1. The van der Waals surface area contributed by atoms with Crippen LogP contribution in [0.3, 0.4) is 0 Å². The van der Waals surface area contributed by atoms with E-state index < -0.39 is 22.0 Å². The van der Waals surface area contributed by atoms with Crippen LogP contribution in [0.1, 0.15) is 10.4 Å². The van der Waals surface area contributed by atoms with E-state index in [0.717, 1.165) is 22.5 Å². The molecular weight excluding hydrogens is 489 g/mol. The molecule has 12 heteroatoms. The third-order valence-corrected chi connectivity index (χ3v) is 7.67. The average molecular weight is 505 g/mol. The molecule has 3 rings (SSSR count). The first-order valence-electron chi connectivity index (χ1n) is 8.60. The highest BCUT2D eigenvalue weighted by molar-refractivity contribution is 7.91. The fourth-order valence-electron chi connectivity index (χ4n) is 2.62. The third kappa shape index (κ3) is 5.67. The first-order chi connectivity index (χ1) is 14.8. The van der Waals surface area contributed by atoms with E-state index >= 15 is 0 Å². The number of sulfone groups is 1. The third-order valence-electron chi connectivity index (χ3n) is 4.11. The number of carboxylic acids is 1. The molecule has 0 fully saturated rings. The van der Waals surface area contributed by atoms with Crippen molar-refractivity contribution in [3.63, 3.8) is 0 Å². The SMILES string of the molecule is Cc1c(-c2ccccc2)cccc1S(=O)(=O)c1cc(C(=N)N)sc1Cl.O=C(O)C(F)(F)F. The lowest BCUT2D eigenvalue weighted by molar-refractivity contribution is -0.192. The van der Waals surface area contributed by atoms with Gasteiger partial charge in [0.05, 0.1) is 9.77 Å². The van der Waals surface area contributed by atoms with Gasteiger partial charge in [-0.3, -0.25) is 5.41 Å². The monoisotopic (exact) mass is 504 g/mol. The number of hydrogen-bond acceptors (Lipinski definition) is 5. The van der Waals surface area contributed by atoms with Gasteiger partial charge in [0.1, 0.15) is 15.1 Å². The van der Waals surface area contributed by atoms with E-state index in [2.05, 4.69) is 0 Å². The average Bonchev–Trinajstić information content (AvgIpc) is 3.11. The zero-order valence-corrected chi connectivity index (χ0v) is 18.7. The Balaban J connectivity index is 0.000000451. The maximum absolute atomic E-state index is 13.1. The number of carbonyl (C=O) groups is 1. The number of nitrogens with one attached hydrogen (secondary N) is 1. The summed E-state index contributed by atoms with van der Waals surface area (Å²) in [5.74, 6) is -2.96. The molecule has 0 unspecified atom stereocenters. The fraction of sp³-hybridized carbons (Fsp3) is 0.100. The molecule has 3 aromatic rings. The lowest BCUT2D eigenvalue weighted by Crippen LogP contribution is -2.21. The molecule has 0 aliphatic rings. The van der Waals surface area contributed by atoms with Crippen molar-refractivity contribution < 1.29 is 31.5 Å². The summed E-state index contributed by atoms with van der Waals surface area (Å²) in [6.45, 7) is 1.78. The van der Waals surface area contributed by atoms with Gasteiger partial charge in [0.2, 0.25) is 9.84 Å². The minimum Gasteiger partial charge on any atom is -0.475 e. The predicted molar refractivity (Wildman–Crippen MR) is 116 cm³/mol. The number of rotatable bonds is 4. The highest BCUT2D eigenvalue weighted by atomic mass is 35.5. The van der Waals surface area contributed by atoms with Crippen LogP contribution in [-0.4, -0.2) is 31.5 Å². The molecule has 0 atom stereocenters. The minimum atomic E-state index is -5.08. The number of halogens is 4. The molecule has 32 heavy (non-hydrogen) atoms. The number of amidine groups is 1. The van der Waals surface area contributed by atoms with Crippen molar-refractivity contribution in [3.8, 4) is 11.1 Å². The van der Waals surface area contributed by atoms with Gasteiger partial charge in [-0.05, 0) is 35.7 Å². The molecule has 0 amide bonds. The van der Waals surface area contributed by atoms with E-state index in [1.165, 1.54) is 6.07 Å². The van der Waals surface area contributed by atoms with E-state index in [9.17, 15) is 21.6 Å². The minimum absolute atomic E-state index is 0.0160. The molecule has 1 heterocycles. The first-order valence-corrected chi connectivity index (χ1v) is 11.3. The highest BCUT2D eigenvalue weighted by Gasteiger charge is 2.38. The predicted octanol–water partition coefficient (Wildman–Crippen LogP) is 5.13. The summed E-state index contributed by atoms with van der Waals surface area (Å²) in [6, 6.07) is 16.1. The molecular formula is C20H16ClF3N2O4S2. The van der Waals surface area contributed by atoms with Crippen molar-refractivity contribution in [2.45, 2.75) is 22.9 Å². The Morgan fingerprint density at radius 3 is 2.12 bits per heavy atom. The van der Waals surface area contributed by atoms with E-state index in [1.54, 1.807) is 19.1 Å². The van der Waals surface area contributed by atoms with Gasteiger partial charge in [0.15, 0.2) is 0 Å². The second-order valence-electron chi connectivity index (χ2n) is 6.26. The summed E-state index contributed by atoms with van der Waals surface area (Å²) >= 11 is 7.11. The van der Waals surface area contributed by atoms with Gasteiger partial charge in [-0.15, -0.1) is 11.3 Å². The van der Waals surface area contributed by atoms with Gasteiger partial charge in [-0.25, -0.2) is 13.2 Å². The Morgan fingerprint density at radius 1 is 1.09 bits per heavy atom. The smallest absolute Gasteiger partial charge is 0.475 e. The number of thiophene rings is 1. The number of aliphatic carboxylic acids is 1. The van der Waals surface area contributed by atoms with Crippen molar-refractivity contribution >= 4 is 44.6 Å². The molecule has 6 nitrogen and oxygen atoms in total. The van der Waals surface area contributed by atoms with E-state index in [0.29, 0.717) is 10.4 Å². The molecule has 0 spiro atoms. The Labute approximate surface area is 190 Å². The maximum Gasteiger partial charge on any atom is 0.490 e. The van der Waals surface area contributed by atoms with E-state index in [4.69, 9.17) is 32.6 Å². The van der Waals surface area contributed by atoms with Gasteiger partial charge in [0.25, 0.3) is 0 Å². The van der Waals surface area contributed by atoms with Gasteiger partial charge in [-0.2, -0.15) is 13.2 Å². The van der Waals surface area contributed by atoms with Gasteiger partial charge < -0.3 is 10.8 Å². The zero-order valence-electron chi connectivity index (χ0n) is 16.3. The number of nitrogens with two attached hydrogens (primary N) is 1. The van der Waals surface area contributed by atoms with Crippen molar-refractivity contribution in [1.29, 1.82) is 5.41 Å². The molecule has 0 saturated carbocycles. The molecule has 0 radical (unpaired) electrons. The number of carboxylic acid groups (broad SMARTS) is 1. The zero-order chi connectivity index (χ0) is 24.3. The van der Waals surface area contributed by atoms with Crippen LogP contribution in [0, 0.1) is 12.3 Å². The summed E-state index contributed by atoms with van der Waals surface area (Å²) in [5, 5.41) is 14.6. The highest BCUT2D eigenvalue weighted by Crippen LogP contribution is 2.37. The molecule has 1 aromatic heterocycles. The van der Waals surface area contributed by atoms with Crippen LogP contribution in [0.15, 0.2) is 64.4 Å². The van der Waals surface area contributed by atoms with Crippen LogP contribution < -0.4 is 5.73 Å². The van der Waals surface area contributed by atoms with Crippen molar-refractivity contribution in [2.24, 2.45) is 5.73 Å². The molecule has 170 valence electrons. The Bertz CT molecular complexity index is 1260. The lowest BCUT2D eigenvalue weighted by atomic mass is 10.0. The topological polar surface area (TPSA) is 121 Å². The van der Waals surface area contributed by atoms with Crippen LogP contribution in [0.4, 0.5) is 13.2 Å². The first kappa shape index (κ1) is 25.4. The van der Waals surface area contributed by atoms with Crippen LogP contribution in [0.5, 0.6) is 0 Å². The largest absolute Gasteiger partial charge is 0.490 e. The quantitative estimate of drug-likeness (QED) is 0.336. The Kier molecular flexibility index (Phi) is 7.70. The van der Waals surface area contributed by atoms with Gasteiger partial charge in [0, 0.05) is 0 Å². The normalized spacial score (nSPS) is 11.4. The molecule has 2 aromatic carbocycles. The Morgan fingerprint density at radius 2 is 1.66 bits per heavy atom. The number of nitrogen functional groups attached to an aromatic ring is 1. The number of alkyl halides is 3. The molecule has 4 N–H and O–H groups in total. The van der Waals surface area contributed by atoms with Crippen LogP contribution in [0.25, 0.3) is 11.1 Å². The van der Waals surface area contributed by atoms with Crippen LogP contribution >= 0.6 is 22.9 Å². The van der Waals surface area contributed by atoms with Gasteiger partial charge >= 0.3 is 12.1 Å². The molecule has 0 aliphatic carbocycles. The van der Waals surface area contributed by atoms with Crippen LogP contribution in [-0.2, 0) is 14.6 Å². The second kappa shape index (κ2) is 9.72. The van der Waals surface area contributed by atoms with Gasteiger partial charge in [-0.1, -0.05) is 54.1 Å². The molecule has 0 bridgehead atoms. The van der Waals surface area contributed by atoms with E-state index in [1.807, 2.05) is 36.4 Å². The number of benzene rings is 2. The fourth-order valence-corrected chi connectivity index (χ4v) is 5.89. The molecule has 0 saturated heterocycles. The van der Waals surface area contributed by atoms with E-state index in [-0.39, 0.29) is 20.0 Å². The Hall–Kier alpha value is -2.89. The lowest BCUT2D eigenvalue weighted by Gasteiger charge is -2.12. The van der Waals surface area contributed by atoms with Crippen molar-refractivity contribution in [2.75, 3.05) is 0 Å². The summed E-state index contributed by atoms with van der Waals surface area (Å²) in [5.41, 5.74) is 7.89. The maximum atomic E-state index is 13.1. The van der Waals surface area contributed by atoms with Crippen LogP contribution in [0.2, 0.25) is 4.34 Å².